The van der Waals surface area contributed by atoms with Crippen molar-refractivity contribution >= 4 is 40.2 Å². The van der Waals surface area contributed by atoms with Gasteiger partial charge < -0.3 is 5.32 Å². The van der Waals surface area contributed by atoms with E-state index in [-0.39, 0.29) is 28.5 Å². The Labute approximate surface area is 195 Å². The molecular formula is C23H15ClF3N3O2S. The van der Waals surface area contributed by atoms with Crippen LogP contribution in [0.4, 0.5) is 13.2 Å². The summed E-state index contributed by atoms with van der Waals surface area (Å²) in [5.41, 5.74) is -0.216. The Bertz CT molecular complexity index is 1430. The van der Waals surface area contributed by atoms with E-state index in [0.717, 1.165) is 28.5 Å². The summed E-state index contributed by atoms with van der Waals surface area (Å²) < 4.78 is 42.7. The second-order valence-electron chi connectivity index (χ2n) is 6.95. The van der Waals surface area contributed by atoms with E-state index in [0.29, 0.717) is 22.2 Å². The number of amides is 1. The molecule has 5 nitrogen and oxygen atoms in total. The SMILES string of the molecule is O=C(CSc1nc2ccc(Cl)cc2c(=O)n1-c1ccc(F)cc1F)NCc1ccccc1F. The highest BCUT2D eigenvalue weighted by Crippen LogP contribution is 2.24. The van der Waals surface area contributed by atoms with Crippen LogP contribution in [0.1, 0.15) is 5.56 Å². The fraction of sp³-hybridized carbons (Fsp3) is 0.0870. The van der Waals surface area contributed by atoms with E-state index in [1.807, 2.05) is 0 Å². The number of rotatable bonds is 6. The average Bonchev–Trinajstić information content (AvgIpc) is 2.78. The molecule has 33 heavy (non-hydrogen) atoms. The third-order valence-electron chi connectivity index (χ3n) is 4.72. The minimum absolute atomic E-state index is 0.0187. The highest BCUT2D eigenvalue weighted by Gasteiger charge is 2.18. The molecule has 0 spiro atoms. The summed E-state index contributed by atoms with van der Waals surface area (Å²) in [6, 6.07) is 13.3. The van der Waals surface area contributed by atoms with Crippen molar-refractivity contribution in [2.45, 2.75) is 11.7 Å². The summed E-state index contributed by atoms with van der Waals surface area (Å²) in [5.74, 6) is -2.84. The van der Waals surface area contributed by atoms with Gasteiger partial charge in [0.1, 0.15) is 17.5 Å². The van der Waals surface area contributed by atoms with Crippen LogP contribution in [0, 0.1) is 17.5 Å². The number of fused-ring (bicyclic) bond motifs is 1. The molecule has 10 heteroatoms. The van der Waals surface area contributed by atoms with Gasteiger partial charge in [-0.3, -0.25) is 14.2 Å². The van der Waals surface area contributed by atoms with Crippen molar-refractivity contribution in [1.82, 2.24) is 14.9 Å². The number of benzene rings is 3. The van der Waals surface area contributed by atoms with Gasteiger partial charge in [0.15, 0.2) is 5.16 Å². The summed E-state index contributed by atoms with van der Waals surface area (Å²) in [5, 5.41) is 3.05. The van der Waals surface area contributed by atoms with Crippen molar-refractivity contribution in [3.63, 3.8) is 0 Å². The van der Waals surface area contributed by atoms with Gasteiger partial charge in [0, 0.05) is 23.2 Å². The number of carbonyl (C=O) groups is 1. The Morgan fingerprint density at radius 1 is 1.03 bits per heavy atom. The molecule has 4 rings (SSSR count). The van der Waals surface area contributed by atoms with Crippen LogP contribution in [-0.2, 0) is 11.3 Å². The van der Waals surface area contributed by atoms with Gasteiger partial charge in [-0.1, -0.05) is 41.6 Å². The van der Waals surface area contributed by atoms with Gasteiger partial charge in [0.25, 0.3) is 5.56 Å². The van der Waals surface area contributed by atoms with E-state index >= 15 is 0 Å². The molecule has 0 fully saturated rings. The zero-order valence-electron chi connectivity index (χ0n) is 16.8. The van der Waals surface area contributed by atoms with Crippen LogP contribution < -0.4 is 10.9 Å². The first kappa shape index (κ1) is 22.9. The lowest BCUT2D eigenvalue weighted by atomic mass is 10.2. The smallest absolute Gasteiger partial charge is 0.266 e. The van der Waals surface area contributed by atoms with Crippen LogP contribution >= 0.6 is 23.4 Å². The maximum Gasteiger partial charge on any atom is 0.266 e. The third-order valence-corrected chi connectivity index (χ3v) is 5.89. The van der Waals surface area contributed by atoms with Gasteiger partial charge >= 0.3 is 0 Å². The number of hydrogen-bond donors (Lipinski definition) is 1. The lowest BCUT2D eigenvalue weighted by Gasteiger charge is -2.14. The van der Waals surface area contributed by atoms with Crippen molar-refractivity contribution in [2.24, 2.45) is 0 Å². The standard InChI is InChI=1S/C23H15ClF3N3O2S/c24-14-5-7-19-16(9-14)22(32)30(20-8-6-15(25)10-18(20)27)23(29-19)33-12-21(31)28-11-13-3-1-2-4-17(13)26/h1-10H,11-12H2,(H,28,31). The molecule has 4 aromatic rings. The monoisotopic (exact) mass is 489 g/mol. The normalized spacial score (nSPS) is 11.0. The molecule has 3 aromatic carbocycles. The summed E-state index contributed by atoms with van der Waals surface area (Å²) >= 11 is 6.88. The van der Waals surface area contributed by atoms with Crippen LogP contribution in [0.5, 0.6) is 0 Å². The van der Waals surface area contributed by atoms with Gasteiger partial charge in [-0.05, 0) is 36.4 Å². The van der Waals surface area contributed by atoms with Gasteiger partial charge in [0.2, 0.25) is 5.91 Å². The van der Waals surface area contributed by atoms with Crippen LogP contribution in [0.3, 0.4) is 0 Å². The Kier molecular flexibility index (Phi) is 6.71. The zero-order valence-corrected chi connectivity index (χ0v) is 18.4. The molecular weight excluding hydrogens is 475 g/mol. The molecule has 0 bridgehead atoms. The Morgan fingerprint density at radius 2 is 1.82 bits per heavy atom. The van der Waals surface area contributed by atoms with E-state index < -0.39 is 28.9 Å². The predicted molar refractivity (Wildman–Crippen MR) is 121 cm³/mol. The van der Waals surface area contributed by atoms with E-state index in [2.05, 4.69) is 10.3 Å². The quantitative estimate of drug-likeness (QED) is 0.310. The lowest BCUT2D eigenvalue weighted by Crippen LogP contribution is -2.27. The van der Waals surface area contributed by atoms with Crippen LogP contribution in [0.2, 0.25) is 5.02 Å². The molecule has 0 aliphatic rings. The number of aromatic nitrogens is 2. The van der Waals surface area contributed by atoms with Crippen LogP contribution in [-0.4, -0.2) is 21.2 Å². The van der Waals surface area contributed by atoms with Crippen molar-refractivity contribution < 1.29 is 18.0 Å². The molecule has 0 unspecified atom stereocenters. The van der Waals surface area contributed by atoms with E-state index in [9.17, 15) is 22.8 Å². The first-order valence-electron chi connectivity index (χ1n) is 9.64. The molecule has 0 saturated heterocycles. The molecule has 1 amide bonds. The first-order valence-corrected chi connectivity index (χ1v) is 11.0. The lowest BCUT2D eigenvalue weighted by molar-refractivity contribution is -0.118. The molecule has 1 heterocycles. The average molecular weight is 490 g/mol. The fourth-order valence-corrected chi connectivity index (χ4v) is 4.13. The highest BCUT2D eigenvalue weighted by atomic mass is 35.5. The van der Waals surface area contributed by atoms with Crippen molar-refractivity contribution in [2.75, 3.05) is 5.75 Å². The van der Waals surface area contributed by atoms with E-state index in [1.54, 1.807) is 24.3 Å². The Balaban J connectivity index is 1.66. The topological polar surface area (TPSA) is 64.0 Å². The number of hydrogen-bond acceptors (Lipinski definition) is 4. The minimum atomic E-state index is -0.967. The molecule has 0 radical (unpaired) electrons. The number of halogens is 4. The Morgan fingerprint density at radius 3 is 2.58 bits per heavy atom. The first-order chi connectivity index (χ1) is 15.8. The summed E-state index contributed by atoms with van der Waals surface area (Å²) in [4.78, 5) is 29.9. The molecule has 0 aliphatic carbocycles. The van der Waals surface area contributed by atoms with Crippen LogP contribution in [0.15, 0.2) is 70.6 Å². The van der Waals surface area contributed by atoms with E-state index in [4.69, 9.17) is 11.6 Å². The predicted octanol–water partition coefficient (Wildman–Crippen LogP) is 4.86. The number of nitrogens with zero attached hydrogens (tertiary/aromatic N) is 2. The zero-order chi connectivity index (χ0) is 23.5. The number of thioether (sulfide) groups is 1. The van der Waals surface area contributed by atoms with Gasteiger partial charge in [-0.25, -0.2) is 18.2 Å². The van der Waals surface area contributed by atoms with Gasteiger partial charge in [0.05, 0.1) is 22.3 Å². The summed E-state index contributed by atoms with van der Waals surface area (Å²) in [7, 11) is 0. The maximum absolute atomic E-state index is 14.5. The van der Waals surface area contributed by atoms with Crippen molar-refractivity contribution in [3.8, 4) is 5.69 Å². The van der Waals surface area contributed by atoms with Gasteiger partial charge in [-0.15, -0.1) is 0 Å². The molecule has 0 aliphatic heterocycles. The summed E-state index contributed by atoms with van der Waals surface area (Å²) in [6.45, 7) is -0.0187. The van der Waals surface area contributed by atoms with Crippen molar-refractivity contribution in [1.29, 1.82) is 0 Å². The summed E-state index contributed by atoms with van der Waals surface area (Å²) in [6.07, 6.45) is 0. The second kappa shape index (κ2) is 9.68. The second-order valence-corrected chi connectivity index (χ2v) is 8.33. The molecule has 168 valence electrons. The number of carbonyl (C=O) groups excluding carboxylic acids is 1. The van der Waals surface area contributed by atoms with Gasteiger partial charge in [-0.2, -0.15) is 0 Å². The largest absolute Gasteiger partial charge is 0.351 e. The molecule has 0 saturated carbocycles. The Hall–Kier alpha value is -3.30. The third kappa shape index (κ3) is 5.04. The van der Waals surface area contributed by atoms with E-state index in [1.165, 1.54) is 18.2 Å². The molecule has 1 N–H and O–H groups in total. The highest BCUT2D eigenvalue weighted by molar-refractivity contribution is 7.99. The molecule has 0 atom stereocenters. The number of nitrogens with one attached hydrogen (secondary N) is 1. The van der Waals surface area contributed by atoms with Crippen LogP contribution in [0.25, 0.3) is 16.6 Å². The van der Waals surface area contributed by atoms with Crippen molar-refractivity contribution in [3.05, 3.63) is 99.1 Å². The minimum Gasteiger partial charge on any atom is -0.351 e. The maximum atomic E-state index is 14.5. The fourth-order valence-electron chi connectivity index (χ4n) is 3.13. The molecule has 1 aromatic heterocycles.